The van der Waals surface area contributed by atoms with Crippen LogP contribution >= 0.6 is 0 Å². The predicted molar refractivity (Wildman–Crippen MR) is 91.2 cm³/mol. The molecule has 128 valence electrons. The minimum atomic E-state index is -0.268. The molecule has 1 fully saturated rings. The van der Waals surface area contributed by atoms with Crippen molar-refractivity contribution in [2.24, 2.45) is 5.41 Å². The lowest BCUT2D eigenvalue weighted by Gasteiger charge is -2.41. The maximum atomic E-state index is 12.6. The second-order valence-electron chi connectivity index (χ2n) is 6.41. The van der Waals surface area contributed by atoms with E-state index in [4.69, 9.17) is 4.74 Å². The van der Waals surface area contributed by atoms with Gasteiger partial charge in [-0.3, -0.25) is 14.7 Å². The van der Waals surface area contributed by atoms with Crippen LogP contribution in [-0.4, -0.2) is 56.2 Å². The van der Waals surface area contributed by atoms with Gasteiger partial charge in [-0.2, -0.15) is 0 Å². The van der Waals surface area contributed by atoms with Crippen molar-refractivity contribution in [1.82, 2.24) is 15.2 Å². The van der Waals surface area contributed by atoms with Gasteiger partial charge in [0.25, 0.3) is 0 Å². The Balaban J connectivity index is 1.96. The van der Waals surface area contributed by atoms with Crippen molar-refractivity contribution in [2.45, 2.75) is 32.1 Å². The Morgan fingerprint density at radius 3 is 3.04 bits per heavy atom. The first-order valence-electron chi connectivity index (χ1n) is 8.53. The van der Waals surface area contributed by atoms with Crippen molar-refractivity contribution >= 4 is 5.91 Å². The molecular formula is C18H29N3O2. The van der Waals surface area contributed by atoms with E-state index in [2.05, 4.69) is 21.3 Å². The third-order valence-corrected chi connectivity index (χ3v) is 4.79. The lowest BCUT2D eigenvalue weighted by Crippen LogP contribution is -2.52. The summed E-state index contributed by atoms with van der Waals surface area (Å²) in [6.07, 6.45) is 6.70. The third kappa shape index (κ3) is 5.01. The monoisotopic (exact) mass is 319 g/mol. The molecule has 2 heterocycles. The number of carbonyl (C=O) groups is 1. The average Bonchev–Trinajstić information content (AvgIpc) is 2.60. The van der Waals surface area contributed by atoms with Crippen molar-refractivity contribution < 1.29 is 9.53 Å². The van der Waals surface area contributed by atoms with Crippen molar-refractivity contribution in [3.05, 3.63) is 30.1 Å². The highest BCUT2D eigenvalue weighted by Crippen LogP contribution is 2.35. The zero-order valence-corrected chi connectivity index (χ0v) is 14.4. The first-order valence-corrected chi connectivity index (χ1v) is 8.53. The van der Waals surface area contributed by atoms with E-state index in [-0.39, 0.29) is 11.3 Å². The Hall–Kier alpha value is -1.46. The first-order chi connectivity index (χ1) is 11.2. The van der Waals surface area contributed by atoms with Gasteiger partial charge in [-0.1, -0.05) is 6.07 Å². The number of methoxy groups -OCH3 is 1. The number of piperidine rings is 1. The molecule has 0 aliphatic carbocycles. The molecule has 0 bridgehead atoms. The van der Waals surface area contributed by atoms with Gasteiger partial charge in [0.1, 0.15) is 0 Å². The summed E-state index contributed by atoms with van der Waals surface area (Å²) in [5.41, 5.74) is 0.835. The van der Waals surface area contributed by atoms with Crippen molar-refractivity contribution in [3.63, 3.8) is 0 Å². The number of hydrogen-bond donors (Lipinski definition) is 1. The second-order valence-corrected chi connectivity index (χ2v) is 6.41. The Morgan fingerprint density at radius 2 is 2.35 bits per heavy atom. The van der Waals surface area contributed by atoms with Crippen LogP contribution in [0.15, 0.2) is 24.4 Å². The summed E-state index contributed by atoms with van der Waals surface area (Å²) in [4.78, 5) is 19.3. The topological polar surface area (TPSA) is 54.5 Å². The molecule has 23 heavy (non-hydrogen) atoms. The Bertz CT molecular complexity index is 480. The zero-order chi connectivity index (χ0) is 16.5. The summed E-state index contributed by atoms with van der Waals surface area (Å²) in [6, 6.07) is 6.01. The van der Waals surface area contributed by atoms with Crippen LogP contribution in [0.4, 0.5) is 0 Å². The van der Waals surface area contributed by atoms with Crippen LogP contribution < -0.4 is 5.32 Å². The van der Waals surface area contributed by atoms with E-state index in [9.17, 15) is 4.79 Å². The largest absolute Gasteiger partial charge is 0.383 e. The van der Waals surface area contributed by atoms with E-state index < -0.39 is 0 Å². The molecule has 5 nitrogen and oxygen atoms in total. The van der Waals surface area contributed by atoms with Crippen LogP contribution in [0.2, 0.25) is 0 Å². The Kier molecular flexibility index (Phi) is 6.99. The van der Waals surface area contributed by atoms with Gasteiger partial charge in [-0.05, 0) is 50.8 Å². The van der Waals surface area contributed by atoms with Crippen LogP contribution in [-0.2, 0) is 16.0 Å². The lowest BCUT2D eigenvalue weighted by molar-refractivity contribution is -0.134. The summed E-state index contributed by atoms with van der Waals surface area (Å²) in [5.74, 6) is 0.181. The molecule has 5 heteroatoms. The van der Waals surface area contributed by atoms with E-state index in [1.807, 2.05) is 18.3 Å². The maximum absolute atomic E-state index is 12.6. The van der Waals surface area contributed by atoms with Crippen LogP contribution in [0.1, 0.15) is 31.4 Å². The van der Waals surface area contributed by atoms with Gasteiger partial charge >= 0.3 is 0 Å². The fraction of sp³-hybridized carbons (Fsp3) is 0.667. The van der Waals surface area contributed by atoms with E-state index >= 15 is 0 Å². The van der Waals surface area contributed by atoms with Gasteiger partial charge < -0.3 is 10.1 Å². The quantitative estimate of drug-likeness (QED) is 0.795. The normalized spacial score (nSPS) is 22.0. The second kappa shape index (κ2) is 8.99. The van der Waals surface area contributed by atoms with Gasteiger partial charge in [0.05, 0.1) is 12.0 Å². The molecule has 0 saturated carbocycles. The van der Waals surface area contributed by atoms with Gasteiger partial charge in [-0.15, -0.1) is 0 Å². The number of aromatic nitrogens is 1. The van der Waals surface area contributed by atoms with Crippen LogP contribution in [0.25, 0.3) is 0 Å². The minimum Gasteiger partial charge on any atom is -0.383 e. The SMILES string of the molecule is CNC(=O)[C@]1(CCCc2ccccn2)CCCN(CCOC)C1. The third-order valence-electron chi connectivity index (χ3n) is 4.79. The maximum Gasteiger partial charge on any atom is 0.227 e. The fourth-order valence-corrected chi connectivity index (χ4v) is 3.56. The number of carbonyl (C=O) groups excluding carboxylic acids is 1. The molecule has 1 aliphatic rings. The zero-order valence-electron chi connectivity index (χ0n) is 14.4. The highest BCUT2D eigenvalue weighted by atomic mass is 16.5. The molecule has 1 atom stereocenters. The number of nitrogens with one attached hydrogen (secondary N) is 1. The number of likely N-dealkylation sites (tertiary alicyclic amines) is 1. The Morgan fingerprint density at radius 1 is 1.48 bits per heavy atom. The highest BCUT2D eigenvalue weighted by molar-refractivity contribution is 5.82. The van der Waals surface area contributed by atoms with Crippen LogP contribution in [0.3, 0.4) is 0 Å². The number of nitrogens with zero attached hydrogens (tertiary/aromatic N) is 2. The van der Waals surface area contributed by atoms with Crippen molar-refractivity contribution in [1.29, 1.82) is 0 Å². The van der Waals surface area contributed by atoms with Gasteiger partial charge in [0, 0.05) is 39.1 Å². The molecule has 1 amide bonds. The average molecular weight is 319 g/mol. The number of amides is 1. The molecule has 0 radical (unpaired) electrons. The number of pyridine rings is 1. The summed E-state index contributed by atoms with van der Waals surface area (Å²) >= 11 is 0. The molecule has 1 saturated heterocycles. The Labute approximate surface area is 139 Å². The molecule has 0 spiro atoms. The number of ether oxygens (including phenoxy) is 1. The molecule has 2 rings (SSSR count). The first kappa shape index (κ1) is 17.9. The summed E-state index contributed by atoms with van der Waals surface area (Å²) in [6.45, 7) is 3.51. The van der Waals surface area contributed by atoms with Crippen molar-refractivity contribution in [3.8, 4) is 0 Å². The van der Waals surface area contributed by atoms with Gasteiger partial charge in [-0.25, -0.2) is 0 Å². The number of aryl methyl sites for hydroxylation is 1. The molecule has 1 aliphatic heterocycles. The summed E-state index contributed by atoms with van der Waals surface area (Å²) in [5, 5.41) is 2.89. The highest BCUT2D eigenvalue weighted by Gasteiger charge is 2.40. The molecule has 0 aromatic carbocycles. The standard InChI is InChI=1S/C18H29N3O2/c1-19-17(22)18(9-5-8-16-7-3-4-11-20-16)10-6-12-21(15-18)13-14-23-2/h3-4,7,11H,5-6,8-10,12-15H2,1-2H3,(H,19,22)/t18-/m1/s1. The molecule has 1 aromatic rings. The van der Waals surface area contributed by atoms with E-state index in [1.54, 1.807) is 14.2 Å². The summed E-state index contributed by atoms with van der Waals surface area (Å²) < 4.78 is 5.19. The molecule has 0 unspecified atom stereocenters. The predicted octanol–water partition coefficient (Wildman–Crippen LogP) is 1.88. The fourth-order valence-electron chi connectivity index (χ4n) is 3.56. The lowest BCUT2D eigenvalue weighted by atomic mass is 9.75. The van der Waals surface area contributed by atoms with Crippen molar-refractivity contribution in [2.75, 3.05) is 40.4 Å². The smallest absolute Gasteiger partial charge is 0.227 e. The van der Waals surface area contributed by atoms with Crippen LogP contribution in [0, 0.1) is 5.41 Å². The van der Waals surface area contributed by atoms with E-state index in [0.29, 0.717) is 0 Å². The van der Waals surface area contributed by atoms with Gasteiger partial charge in [0.15, 0.2) is 0 Å². The minimum absolute atomic E-state index is 0.181. The molecule has 1 N–H and O–H groups in total. The number of hydrogen-bond acceptors (Lipinski definition) is 4. The van der Waals surface area contributed by atoms with E-state index in [0.717, 1.165) is 64.0 Å². The summed E-state index contributed by atoms with van der Waals surface area (Å²) in [7, 11) is 3.47. The molecular weight excluding hydrogens is 290 g/mol. The van der Waals surface area contributed by atoms with Crippen LogP contribution in [0.5, 0.6) is 0 Å². The molecule has 1 aromatic heterocycles. The van der Waals surface area contributed by atoms with E-state index in [1.165, 1.54) is 0 Å². The van der Waals surface area contributed by atoms with Gasteiger partial charge in [0.2, 0.25) is 5.91 Å². The number of rotatable bonds is 8.